The van der Waals surface area contributed by atoms with E-state index in [1.807, 2.05) is 0 Å². The molecule has 0 aromatic carbocycles. The summed E-state index contributed by atoms with van der Waals surface area (Å²) >= 11 is 0. The molecule has 0 amide bonds. The Morgan fingerprint density at radius 2 is 1.23 bits per heavy atom. The molecule has 3 aliphatic carbocycles. The van der Waals surface area contributed by atoms with Crippen molar-refractivity contribution >= 4 is 0 Å². The van der Waals surface area contributed by atoms with Gasteiger partial charge in [-0.2, -0.15) is 0 Å². The number of rotatable bonds is 0. The Morgan fingerprint density at radius 1 is 0.769 bits per heavy atom. The first-order valence-corrected chi connectivity index (χ1v) is 4.22. The van der Waals surface area contributed by atoms with Gasteiger partial charge in [0.1, 0.15) is 0 Å². The summed E-state index contributed by atoms with van der Waals surface area (Å²) in [6, 6.07) is 0. The van der Waals surface area contributed by atoms with E-state index < -0.39 is 0 Å². The zero-order chi connectivity index (χ0) is 7.26. The summed E-state index contributed by atoms with van der Waals surface area (Å²) in [5, 5.41) is 0. The molecule has 70 valence electrons. The van der Waals surface area contributed by atoms with Gasteiger partial charge in [0.05, 0.1) is 0 Å². The van der Waals surface area contributed by atoms with Crippen molar-refractivity contribution in [1.29, 1.82) is 0 Å². The molecule has 0 spiro atoms. The number of hydrogen-bond acceptors (Lipinski definition) is 0. The van der Waals surface area contributed by atoms with Crippen LogP contribution in [0.1, 0.15) is 19.3 Å². The van der Waals surface area contributed by atoms with Crippen molar-refractivity contribution in [1.82, 2.24) is 0 Å². The number of hydrogen-bond donors (Lipinski definition) is 0. The molecule has 0 heterocycles. The maximum atomic E-state index is 2.29. The van der Waals surface area contributed by atoms with Crippen LogP contribution in [0.5, 0.6) is 0 Å². The zero-order valence-corrected chi connectivity index (χ0v) is 8.55. The molecule has 0 aromatic heterocycles. The van der Waals surface area contributed by atoms with E-state index in [-0.39, 0.29) is 75.5 Å². The van der Waals surface area contributed by atoms with Gasteiger partial charge in [0, 0.05) is 75.5 Å². The van der Waals surface area contributed by atoms with Crippen molar-refractivity contribution < 1.29 is 75.5 Å². The third-order valence-corrected chi connectivity index (χ3v) is 2.80. The predicted octanol–water partition coefficient (Wildman–Crippen LogP) is 2.90. The third kappa shape index (κ3) is 2.04. The summed E-state index contributed by atoms with van der Waals surface area (Å²) in [5.41, 5.74) is 6.42. The first-order chi connectivity index (χ1) is 5.45. The maximum absolute atomic E-state index is 2.29. The molecule has 3 aliphatic rings. The Kier molecular flexibility index (Phi) is 4.83. The van der Waals surface area contributed by atoms with Gasteiger partial charge in [-0.15, -0.1) is 0 Å². The van der Waals surface area contributed by atoms with Crippen LogP contribution in [0.3, 0.4) is 0 Å². The Hall–Kier alpha value is 1.48. The Bertz CT molecular complexity index is 309. The third-order valence-electron chi connectivity index (χ3n) is 2.80. The van der Waals surface area contributed by atoms with Crippen molar-refractivity contribution in [2.45, 2.75) is 19.3 Å². The molecular weight excluding hydrogens is 212 g/mol. The molecule has 0 unspecified atom stereocenters. The van der Waals surface area contributed by atoms with Gasteiger partial charge in [0.15, 0.2) is 0 Å². The van der Waals surface area contributed by atoms with Gasteiger partial charge in [0.2, 0.25) is 0 Å². The normalized spacial score (nSPS) is 21.5. The van der Waals surface area contributed by atoms with E-state index in [1.165, 1.54) is 19.3 Å². The summed E-state index contributed by atoms with van der Waals surface area (Å²) < 4.78 is 0. The molecule has 0 saturated heterocycles. The second-order valence-corrected chi connectivity index (χ2v) is 3.40. The maximum Gasteiger partial charge on any atom is 0 e. The SMILES string of the molecule is C1=CC2=C(C1)C1=C(C=CC1)C2.[Ar].[Ar]. The molecule has 0 bridgehead atoms. The number of fused-ring (bicyclic) bond motifs is 1. The van der Waals surface area contributed by atoms with E-state index in [2.05, 4.69) is 24.3 Å². The predicted molar refractivity (Wildman–Crippen MR) is 46.2 cm³/mol. The van der Waals surface area contributed by atoms with E-state index in [9.17, 15) is 0 Å². The summed E-state index contributed by atoms with van der Waals surface area (Å²) in [5.74, 6) is 0. The molecule has 3 rings (SSSR count). The molecule has 0 saturated carbocycles. The summed E-state index contributed by atoms with van der Waals surface area (Å²) in [4.78, 5) is 0. The van der Waals surface area contributed by atoms with E-state index in [4.69, 9.17) is 0 Å². The van der Waals surface area contributed by atoms with Crippen LogP contribution in [0.2, 0.25) is 0 Å². The smallest absolute Gasteiger partial charge is 0 e. The minimum atomic E-state index is 0. The largest absolute Gasteiger partial charge is 0.0798 e. The van der Waals surface area contributed by atoms with Gasteiger partial charge < -0.3 is 0 Å². The molecule has 0 radical (unpaired) electrons. The van der Waals surface area contributed by atoms with E-state index in [0.717, 1.165) is 0 Å². The van der Waals surface area contributed by atoms with Crippen LogP contribution < -0.4 is 0 Å². The van der Waals surface area contributed by atoms with E-state index >= 15 is 0 Å². The van der Waals surface area contributed by atoms with Gasteiger partial charge in [-0.1, -0.05) is 24.3 Å². The molecule has 0 atom stereocenters. The first-order valence-electron chi connectivity index (χ1n) is 4.22. The summed E-state index contributed by atoms with van der Waals surface area (Å²) in [6.45, 7) is 0. The van der Waals surface area contributed by atoms with Gasteiger partial charge in [0.25, 0.3) is 0 Å². The van der Waals surface area contributed by atoms with Crippen molar-refractivity contribution in [2.24, 2.45) is 0 Å². The average molecular weight is 222 g/mol. The molecule has 13 heavy (non-hydrogen) atoms. The fraction of sp³-hybridized carbons (Fsp3) is 0.273. The molecule has 0 fully saturated rings. The standard InChI is InChI=1S/C11H10.2Ar/c1-3-8-7-9-4-2-6-11(9)10(8)5-1;;/h1-4H,5-7H2;;. The quantitative estimate of drug-likeness (QED) is 0.591. The fourth-order valence-corrected chi connectivity index (χ4v) is 2.27. The Balaban J connectivity index is 0.000000422. The molecule has 0 N–H and O–H groups in total. The van der Waals surface area contributed by atoms with Crippen molar-refractivity contribution in [3.63, 3.8) is 0 Å². The first kappa shape index (κ1) is 12.5. The topological polar surface area (TPSA) is 0 Å². The summed E-state index contributed by atoms with van der Waals surface area (Å²) in [7, 11) is 0. The van der Waals surface area contributed by atoms with Gasteiger partial charge in [-0.05, 0) is 41.6 Å². The van der Waals surface area contributed by atoms with Crippen LogP contribution in [0.25, 0.3) is 0 Å². The molecule has 0 aliphatic heterocycles. The van der Waals surface area contributed by atoms with Gasteiger partial charge >= 0.3 is 0 Å². The van der Waals surface area contributed by atoms with Crippen molar-refractivity contribution in [3.05, 3.63) is 46.6 Å². The van der Waals surface area contributed by atoms with Gasteiger partial charge in [-0.25, -0.2) is 0 Å². The van der Waals surface area contributed by atoms with Crippen LogP contribution in [0.4, 0.5) is 0 Å². The molecular formula is C11H10Ar2. The Labute approximate surface area is 139 Å². The minimum absolute atomic E-state index is 0. The monoisotopic (exact) mass is 222 g/mol. The van der Waals surface area contributed by atoms with Crippen molar-refractivity contribution in [3.8, 4) is 0 Å². The molecule has 0 nitrogen and oxygen atoms in total. The minimum Gasteiger partial charge on any atom is -0.0798 e. The van der Waals surface area contributed by atoms with Gasteiger partial charge in [-0.3, -0.25) is 0 Å². The Morgan fingerprint density at radius 3 is 1.69 bits per heavy atom. The van der Waals surface area contributed by atoms with Crippen LogP contribution in [-0.4, -0.2) is 0 Å². The second kappa shape index (κ2) is 5.01. The molecule has 0 aromatic rings. The average Bonchev–Trinajstić information content (AvgIpc) is 2.52. The van der Waals surface area contributed by atoms with E-state index in [0.29, 0.717) is 0 Å². The zero-order valence-electron chi connectivity index (χ0n) is 7.14. The number of allylic oxidation sites excluding steroid dienone is 8. The van der Waals surface area contributed by atoms with Crippen LogP contribution >= 0.6 is 0 Å². The van der Waals surface area contributed by atoms with Crippen molar-refractivity contribution in [2.75, 3.05) is 0 Å². The van der Waals surface area contributed by atoms with Crippen LogP contribution in [0, 0.1) is 75.5 Å². The fourth-order valence-electron chi connectivity index (χ4n) is 2.27. The second-order valence-electron chi connectivity index (χ2n) is 3.40. The van der Waals surface area contributed by atoms with Crippen LogP contribution in [-0.2, 0) is 0 Å². The summed E-state index contributed by atoms with van der Waals surface area (Å²) in [6.07, 6.45) is 12.7. The van der Waals surface area contributed by atoms with E-state index in [1.54, 1.807) is 22.3 Å². The molecule has 2 heteroatoms. The van der Waals surface area contributed by atoms with Crippen LogP contribution in [0.15, 0.2) is 46.6 Å².